The van der Waals surface area contributed by atoms with E-state index in [1.807, 2.05) is 61.5 Å². The van der Waals surface area contributed by atoms with Gasteiger partial charge in [0.1, 0.15) is 0 Å². The van der Waals surface area contributed by atoms with Gasteiger partial charge in [-0.15, -0.1) is 48.0 Å². The number of pyridine rings is 3. The molecule has 6 heteroatoms. The van der Waals surface area contributed by atoms with Crippen LogP contribution in [0.25, 0.3) is 33.6 Å². The first-order valence-electron chi connectivity index (χ1n) is 10.2. The second-order valence-electron chi connectivity index (χ2n) is 7.15. The van der Waals surface area contributed by atoms with Crippen molar-refractivity contribution in [2.45, 2.75) is 6.92 Å². The average molecular weight is 628 g/mol. The summed E-state index contributed by atoms with van der Waals surface area (Å²) in [6.45, 7) is 1.92. The molecular weight excluding hydrogens is 609 g/mol. The average Bonchev–Trinajstić information content (AvgIpc) is 2.86. The molecule has 0 aliphatic rings. The van der Waals surface area contributed by atoms with Crippen LogP contribution >= 0.6 is 0 Å². The number of hydrogen-bond acceptors (Lipinski definition) is 3. The molecule has 0 N–H and O–H groups in total. The molecular formula is C28H19F2IrN3-2. The summed E-state index contributed by atoms with van der Waals surface area (Å²) in [7, 11) is 0. The second-order valence-corrected chi connectivity index (χ2v) is 7.15. The molecule has 0 saturated heterocycles. The van der Waals surface area contributed by atoms with Gasteiger partial charge in [-0.25, -0.2) is 0 Å². The van der Waals surface area contributed by atoms with E-state index in [1.54, 1.807) is 30.9 Å². The van der Waals surface area contributed by atoms with Crippen LogP contribution in [0.5, 0.6) is 0 Å². The fourth-order valence-electron chi connectivity index (χ4n) is 3.24. The minimum Gasteiger partial charge on any atom is -0.305 e. The van der Waals surface area contributed by atoms with Crippen molar-refractivity contribution in [3.8, 4) is 33.6 Å². The Labute approximate surface area is 210 Å². The SMILES string of the molecule is Cc1cc(-c2[c-]cc(F)cc2F)ncc1-c1ccncc1.[Ir].[c-]1ccccc1-c1ccccn1. The fraction of sp³-hybridized carbons (Fsp3) is 0.0357. The van der Waals surface area contributed by atoms with Gasteiger partial charge in [0, 0.05) is 62.1 Å². The van der Waals surface area contributed by atoms with Crippen LogP contribution in [0.2, 0.25) is 0 Å². The molecule has 3 nitrogen and oxygen atoms in total. The molecule has 171 valence electrons. The van der Waals surface area contributed by atoms with E-state index in [-0.39, 0.29) is 25.7 Å². The van der Waals surface area contributed by atoms with Gasteiger partial charge in [-0.1, -0.05) is 29.8 Å². The maximum absolute atomic E-state index is 13.8. The van der Waals surface area contributed by atoms with Crippen LogP contribution in [0, 0.1) is 30.7 Å². The van der Waals surface area contributed by atoms with Crippen molar-refractivity contribution < 1.29 is 28.9 Å². The number of nitrogens with zero attached hydrogens (tertiary/aromatic N) is 3. The van der Waals surface area contributed by atoms with Gasteiger partial charge in [-0.05, 0) is 47.6 Å². The Morgan fingerprint density at radius 2 is 1.59 bits per heavy atom. The summed E-state index contributed by atoms with van der Waals surface area (Å²) < 4.78 is 26.7. The number of aromatic nitrogens is 3. The summed E-state index contributed by atoms with van der Waals surface area (Å²) in [4.78, 5) is 12.5. The van der Waals surface area contributed by atoms with Crippen LogP contribution in [0.3, 0.4) is 0 Å². The molecule has 0 unspecified atom stereocenters. The van der Waals surface area contributed by atoms with E-state index in [4.69, 9.17) is 0 Å². The van der Waals surface area contributed by atoms with E-state index in [9.17, 15) is 8.78 Å². The van der Waals surface area contributed by atoms with Gasteiger partial charge in [0.15, 0.2) is 0 Å². The van der Waals surface area contributed by atoms with Gasteiger partial charge in [0.05, 0.1) is 0 Å². The fourth-order valence-corrected chi connectivity index (χ4v) is 3.24. The molecule has 5 rings (SSSR count). The van der Waals surface area contributed by atoms with Crippen LogP contribution < -0.4 is 0 Å². The normalized spacial score (nSPS) is 9.97. The Hall–Kier alpha value is -3.60. The van der Waals surface area contributed by atoms with Gasteiger partial charge in [-0.2, -0.15) is 0 Å². The van der Waals surface area contributed by atoms with Crippen molar-refractivity contribution in [2.75, 3.05) is 0 Å². The smallest absolute Gasteiger partial charge is 0.0408 e. The molecule has 0 aliphatic heterocycles. The van der Waals surface area contributed by atoms with Crippen molar-refractivity contribution in [1.82, 2.24) is 15.0 Å². The van der Waals surface area contributed by atoms with Gasteiger partial charge in [0.25, 0.3) is 0 Å². The topological polar surface area (TPSA) is 38.7 Å². The van der Waals surface area contributed by atoms with Gasteiger partial charge in [0.2, 0.25) is 0 Å². The Balaban J connectivity index is 0.000000212. The van der Waals surface area contributed by atoms with Gasteiger partial charge < -0.3 is 9.97 Å². The van der Waals surface area contributed by atoms with E-state index >= 15 is 0 Å². The zero-order chi connectivity index (χ0) is 23.0. The van der Waals surface area contributed by atoms with Crippen molar-refractivity contribution in [1.29, 1.82) is 0 Å². The first-order chi connectivity index (χ1) is 16.1. The molecule has 0 fully saturated rings. The number of aryl methyl sites for hydroxylation is 1. The van der Waals surface area contributed by atoms with Gasteiger partial charge >= 0.3 is 0 Å². The minimum absolute atomic E-state index is 0. The molecule has 0 saturated carbocycles. The molecule has 3 aromatic heterocycles. The van der Waals surface area contributed by atoms with E-state index in [1.165, 1.54) is 0 Å². The summed E-state index contributed by atoms with van der Waals surface area (Å²) in [5.74, 6) is -1.32. The quantitative estimate of drug-likeness (QED) is 0.208. The van der Waals surface area contributed by atoms with Crippen LogP contribution in [0.4, 0.5) is 8.78 Å². The molecule has 0 bridgehead atoms. The summed E-state index contributed by atoms with van der Waals surface area (Å²) >= 11 is 0. The Morgan fingerprint density at radius 1 is 0.794 bits per heavy atom. The van der Waals surface area contributed by atoms with Crippen LogP contribution in [0.1, 0.15) is 5.56 Å². The monoisotopic (exact) mass is 628 g/mol. The van der Waals surface area contributed by atoms with Crippen LogP contribution in [-0.2, 0) is 20.1 Å². The first-order valence-corrected chi connectivity index (χ1v) is 10.2. The van der Waals surface area contributed by atoms with E-state index in [0.29, 0.717) is 5.69 Å². The minimum atomic E-state index is -0.668. The number of halogens is 2. The third kappa shape index (κ3) is 6.25. The molecule has 1 radical (unpaired) electrons. The number of rotatable bonds is 3. The maximum atomic E-state index is 13.8. The molecule has 5 aromatic rings. The zero-order valence-electron chi connectivity index (χ0n) is 18.2. The molecule has 0 amide bonds. The van der Waals surface area contributed by atoms with E-state index < -0.39 is 11.6 Å². The third-order valence-corrected chi connectivity index (χ3v) is 4.87. The first kappa shape index (κ1) is 25.0. The van der Waals surface area contributed by atoms with Crippen LogP contribution in [0.15, 0.2) is 97.6 Å². The summed E-state index contributed by atoms with van der Waals surface area (Å²) in [6, 6.07) is 26.9. The van der Waals surface area contributed by atoms with Crippen molar-refractivity contribution >= 4 is 0 Å². The van der Waals surface area contributed by atoms with E-state index in [2.05, 4.69) is 27.1 Å². The number of benzene rings is 2. The van der Waals surface area contributed by atoms with Gasteiger partial charge in [-0.3, -0.25) is 13.8 Å². The molecule has 0 atom stereocenters. The summed E-state index contributed by atoms with van der Waals surface area (Å²) in [5, 5.41) is 0. The van der Waals surface area contributed by atoms with Crippen LogP contribution in [-0.4, -0.2) is 15.0 Å². The largest absolute Gasteiger partial charge is 0.305 e. The Morgan fingerprint density at radius 3 is 2.24 bits per heavy atom. The second kappa shape index (κ2) is 12.0. The maximum Gasteiger partial charge on any atom is 0.0408 e. The molecule has 3 heterocycles. The third-order valence-electron chi connectivity index (χ3n) is 4.87. The predicted octanol–water partition coefficient (Wildman–Crippen LogP) is 6.74. The summed E-state index contributed by atoms with van der Waals surface area (Å²) in [5.41, 5.74) is 5.50. The van der Waals surface area contributed by atoms with Crippen molar-refractivity contribution in [3.63, 3.8) is 0 Å². The van der Waals surface area contributed by atoms with E-state index in [0.717, 1.165) is 40.1 Å². The number of hydrogen-bond donors (Lipinski definition) is 0. The molecule has 0 spiro atoms. The predicted molar refractivity (Wildman–Crippen MR) is 125 cm³/mol. The van der Waals surface area contributed by atoms with Crippen molar-refractivity contribution in [3.05, 3.63) is 127 Å². The molecule has 0 aliphatic carbocycles. The summed E-state index contributed by atoms with van der Waals surface area (Å²) in [6.07, 6.45) is 6.87. The molecule has 2 aromatic carbocycles. The van der Waals surface area contributed by atoms with Crippen molar-refractivity contribution in [2.24, 2.45) is 0 Å². The standard InChI is InChI=1S/C17H11F2N2.C11H8N.Ir/c1-11-8-17(14-3-2-13(18)9-16(14)19)21-10-15(11)12-4-6-20-7-5-12;1-2-6-10(7-3-1)11-8-4-5-9-12-11;/h2,4-10H,1H3;1-6,8-9H;/q2*-1;. The molecule has 34 heavy (non-hydrogen) atoms. The zero-order valence-corrected chi connectivity index (χ0v) is 20.6. The Kier molecular flexibility index (Phi) is 8.86. The Bertz CT molecular complexity index is 1290.